The number of hydrogen-bond donors (Lipinski definition) is 1. The first-order valence-electron chi connectivity index (χ1n) is 11.2. The smallest absolute Gasteiger partial charge is 0.337 e. The van der Waals surface area contributed by atoms with Crippen molar-refractivity contribution in [2.45, 2.75) is 11.8 Å². The number of benzene rings is 3. The van der Waals surface area contributed by atoms with Gasteiger partial charge in [-0.05, 0) is 73.2 Å². The lowest BCUT2D eigenvalue weighted by Crippen LogP contribution is -2.20. The highest BCUT2D eigenvalue weighted by Crippen LogP contribution is 2.43. The van der Waals surface area contributed by atoms with Crippen molar-refractivity contribution in [2.75, 3.05) is 18.3 Å². The number of rotatable bonds is 4. The molecule has 0 radical (unpaired) electrons. The van der Waals surface area contributed by atoms with E-state index in [-0.39, 0.29) is 10.8 Å². The van der Waals surface area contributed by atoms with Gasteiger partial charge in [-0.15, -0.1) is 0 Å². The number of carbonyl (C=O) groups excluding carboxylic acids is 2. The summed E-state index contributed by atoms with van der Waals surface area (Å²) in [6, 6.07) is 18.7. The minimum Gasteiger partial charge on any atom is -0.465 e. The van der Waals surface area contributed by atoms with E-state index < -0.39 is 15.8 Å². The molecule has 184 valence electrons. The monoisotopic (exact) mass is 511 g/mol. The number of hydrogen-bond acceptors (Lipinski definition) is 6. The summed E-state index contributed by atoms with van der Waals surface area (Å²) in [4.78, 5) is 30.5. The van der Waals surface area contributed by atoms with E-state index in [2.05, 4.69) is 11.1 Å². The van der Waals surface area contributed by atoms with Gasteiger partial charge in [0.05, 0.1) is 40.5 Å². The van der Waals surface area contributed by atoms with Crippen LogP contribution in [0.25, 0.3) is 22.6 Å². The van der Waals surface area contributed by atoms with Gasteiger partial charge in [-0.25, -0.2) is 13.2 Å². The van der Waals surface area contributed by atoms with E-state index in [9.17, 15) is 23.3 Å². The molecule has 3 aromatic carbocycles. The zero-order valence-corrected chi connectivity index (χ0v) is 21.0. The normalized spacial score (nSPS) is 14.2. The number of nitriles is 1. The number of carbonyl (C=O) groups is 2. The van der Waals surface area contributed by atoms with Crippen LogP contribution in [0.4, 0.5) is 11.4 Å². The molecule has 0 unspecified atom stereocenters. The van der Waals surface area contributed by atoms with E-state index in [1.807, 2.05) is 6.07 Å². The molecule has 0 atom stereocenters. The van der Waals surface area contributed by atoms with Crippen molar-refractivity contribution in [1.29, 1.82) is 5.26 Å². The van der Waals surface area contributed by atoms with Gasteiger partial charge in [0.25, 0.3) is 5.91 Å². The average Bonchev–Trinajstić information content (AvgIpc) is 3.39. The van der Waals surface area contributed by atoms with Crippen LogP contribution in [0, 0.1) is 18.3 Å². The summed E-state index contributed by atoms with van der Waals surface area (Å²) in [5.41, 5.74) is 4.98. The second kappa shape index (κ2) is 8.76. The van der Waals surface area contributed by atoms with Gasteiger partial charge in [0.1, 0.15) is 0 Å². The van der Waals surface area contributed by atoms with Crippen molar-refractivity contribution in [1.82, 2.24) is 4.98 Å². The molecule has 0 fully saturated rings. The predicted molar refractivity (Wildman–Crippen MR) is 140 cm³/mol. The number of aromatic amines is 1. The fourth-order valence-corrected chi connectivity index (χ4v) is 5.06. The lowest BCUT2D eigenvalue weighted by Gasteiger charge is -2.18. The Balaban J connectivity index is 1.64. The number of nitrogens with zero attached hydrogens (tertiary/aromatic N) is 2. The molecule has 1 aromatic heterocycles. The van der Waals surface area contributed by atoms with Crippen molar-refractivity contribution < 1.29 is 22.7 Å². The Kier molecular flexibility index (Phi) is 5.69. The number of methoxy groups -OCH3 is 1. The van der Waals surface area contributed by atoms with Gasteiger partial charge in [-0.1, -0.05) is 6.07 Å². The van der Waals surface area contributed by atoms with Crippen LogP contribution in [-0.2, 0) is 19.4 Å². The van der Waals surface area contributed by atoms with Gasteiger partial charge in [0.15, 0.2) is 9.84 Å². The van der Waals surface area contributed by atoms with Crippen molar-refractivity contribution in [3.05, 3.63) is 88.6 Å². The maximum atomic E-state index is 13.7. The Bertz CT molecular complexity index is 1790. The van der Waals surface area contributed by atoms with Crippen LogP contribution < -0.4 is 4.90 Å². The third-order valence-corrected chi connectivity index (χ3v) is 7.44. The molecule has 5 rings (SSSR count). The summed E-state index contributed by atoms with van der Waals surface area (Å²) < 4.78 is 28.6. The third-order valence-electron chi connectivity index (χ3n) is 6.32. The predicted octanol–water partition coefficient (Wildman–Crippen LogP) is 4.76. The Morgan fingerprint density at radius 1 is 1.08 bits per heavy atom. The minimum absolute atomic E-state index is 0.152. The molecule has 4 aromatic rings. The van der Waals surface area contributed by atoms with Crippen molar-refractivity contribution >= 4 is 55.6 Å². The van der Waals surface area contributed by atoms with E-state index in [1.54, 1.807) is 55.5 Å². The molecule has 1 N–H and O–H groups in total. The fourth-order valence-electron chi connectivity index (χ4n) is 4.42. The number of esters is 1. The number of aryl methyl sites for hydroxylation is 1. The number of nitrogens with one attached hydrogen (secondary N) is 1. The summed E-state index contributed by atoms with van der Waals surface area (Å²) >= 11 is 0. The van der Waals surface area contributed by atoms with Crippen molar-refractivity contribution in [3.8, 4) is 6.07 Å². The number of aromatic nitrogens is 1. The number of sulfone groups is 1. The highest BCUT2D eigenvalue weighted by atomic mass is 32.2. The lowest BCUT2D eigenvalue weighted by atomic mass is 10.00. The first-order valence-corrected chi connectivity index (χ1v) is 13.1. The Hall–Kier alpha value is -4.68. The topological polar surface area (TPSA) is 120 Å². The molecule has 0 saturated carbocycles. The van der Waals surface area contributed by atoms with E-state index in [1.165, 1.54) is 24.1 Å². The van der Waals surface area contributed by atoms with Crippen LogP contribution in [0.2, 0.25) is 0 Å². The molecule has 37 heavy (non-hydrogen) atoms. The van der Waals surface area contributed by atoms with Crippen LogP contribution >= 0.6 is 0 Å². The molecule has 0 aliphatic carbocycles. The van der Waals surface area contributed by atoms with Crippen LogP contribution in [0.5, 0.6) is 0 Å². The molecule has 0 bridgehead atoms. The molecule has 1 amide bonds. The molecule has 2 heterocycles. The summed E-state index contributed by atoms with van der Waals surface area (Å²) in [5, 5.41) is 10.4. The fraction of sp³-hybridized carbons (Fsp3) is 0.107. The van der Waals surface area contributed by atoms with E-state index >= 15 is 0 Å². The second-order valence-electron chi connectivity index (χ2n) is 8.78. The quantitative estimate of drug-likeness (QED) is 0.312. The van der Waals surface area contributed by atoms with E-state index in [0.29, 0.717) is 50.4 Å². The standard InChI is InChI=1S/C28H21N3O5S/c1-16-10-26-23(12-19(16)15-29)24(27(32)31(26)21-6-8-22(9-7-21)37(3,34)35)14-20-11-17-4-5-18(28(33)36-2)13-25(17)30-20/h4-14,30H,1-3H3. The summed E-state index contributed by atoms with van der Waals surface area (Å²) in [6.07, 6.45) is 2.83. The maximum absolute atomic E-state index is 13.7. The zero-order chi connectivity index (χ0) is 26.5. The Morgan fingerprint density at radius 3 is 2.46 bits per heavy atom. The largest absolute Gasteiger partial charge is 0.465 e. The molecular formula is C28H21N3O5S. The van der Waals surface area contributed by atoms with Crippen LogP contribution in [0.3, 0.4) is 0 Å². The molecular weight excluding hydrogens is 490 g/mol. The van der Waals surface area contributed by atoms with Gasteiger partial charge in [-0.3, -0.25) is 9.69 Å². The van der Waals surface area contributed by atoms with Crippen LogP contribution in [-0.4, -0.2) is 38.6 Å². The van der Waals surface area contributed by atoms with Gasteiger partial charge in [0.2, 0.25) is 0 Å². The van der Waals surface area contributed by atoms with E-state index in [4.69, 9.17) is 4.74 Å². The number of anilines is 2. The number of fused-ring (bicyclic) bond motifs is 2. The summed E-state index contributed by atoms with van der Waals surface area (Å²) in [5.74, 6) is -0.765. The number of ether oxygens (including phenoxy) is 1. The second-order valence-corrected chi connectivity index (χ2v) is 10.8. The van der Waals surface area contributed by atoms with Gasteiger partial charge in [0, 0.05) is 34.1 Å². The number of amides is 1. The van der Waals surface area contributed by atoms with Crippen molar-refractivity contribution in [3.63, 3.8) is 0 Å². The highest BCUT2D eigenvalue weighted by molar-refractivity contribution is 7.90. The van der Waals surface area contributed by atoms with Crippen LogP contribution in [0.15, 0.2) is 65.6 Å². The zero-order valence-electron chi connectivity index (χ0n) is 20.2. The van der Waals surface area contributed by atoms with Crippen LogP contribution in [0.1, 0.15) is 32.7 Å². The van der Waals surface area contributed by atoms with Gasteiger partial charge in [-0.2, -0.15) is 5.26 Å². The molecule has 0 spiro atoms. The third kappa shape index (κ3) is 4.17. The molecule has 9 heteroatoms. The Morgan fingerprint density at radius 2 is 1.81 bits per heavy atom. The molecule has 8 nitrogen and oxygen atoms in total. The minimum atomic E-state index is -3.39. The van der Waals surface area contributed by atoms with Gasteiger partial charge >= 0.3 is 5.97 Å². The highest BCUT2D eigenvalue weighted by Gasteiger charge is 2.34. The van der Waals surface area contributed by atoms with Crippen molar-refractivity contribution in [2.24, 2.45) is 0 Å². The molecule has 0 saturated heterocycles. The average molecular weight is 512 g/mol. The summed E-state index contributed by atoms with van der Waals surface area (Å²) in [7, 11) is -2.07. The molecule has 1 aliphatic rings. The molecule has 1 aliphatic heterocycles. The number of H-pyrrole nitrogens is 1. The van der Waals surface area contributed by atoms with E-state index in [0.717, 1.165) is 11.6 Å². The van der Waals surface area contributed by atoms with Gasteiger partial charge < -0.3 is 9.72 Å². The first-order chi connectivity index (χ1) is 17.6. The lowest BCUT2D eigenvalue weighted by molar-refractivity contribution is -0.112. The SMILES string of the molecule is COC(=O)c1ccc2cc(C=C3C(=O)N(c4ccc(S(C)(=O)=O)cc4)c4cc(C)c(C#N)cc43)[nH]c2c1. The Labute approximate surface area is 213 Å². The summed E-state index contributed by atoms with van der Waals surface area (Å²) in [6.45, 7) is 1.80. The maximum Gasteiger partial charge on any atom is 0.337 e. The first kappa shape index (κ1) is 24.0.